The summed E-state index contributed by atoms with van der Waals surface area (Å²) in [6, 6.07) is 20.8. The molecule has 3 heterocycles. The first-order valence-electron chi connectivity index (χ1n) is 11.0. The third-order valence-electron chi connectivity index (χ3n) is 5.59. The summed E-state index contributed by atoms with van der Waals surface area (Å²) < 4.78 is 7.52. The standard InChI is InChI=1S/C25H24N6O2/c32-25(29-20-9-11-22(12-10-20)33-21-7-2-1-3-8-21)19-6-4-14-30(17-19)23-16-24(27-18-26-23)31-15-5-13-28-31/h1-3,5,7-13,15-16,18-19H,4,6,14,17H2,(H,29,32). The van der Waals surface area contributed by atoms with Crippen molar-refractivity contribution in [3.63, 3.8) is 0 Å². The van der Waals surface area contributed by atoms with Crippen LogP contribution in [0.5, 0.6) is 11.5 Å². The molecule has 0 spiro atoms. The maximum absolute atomic E-state index is 13.0. The molecule has 5 rings (SSSR count). The third-order valence-corrected chi connectivity index (χ3v) is 5.59. The number of rotatable bonds is 6. The number of anilines is 2. The average Bonchev–Trinajstić information content (AvgIpc) is 3.41. The fourth-order valence-corrected chi connectivity index (χ4v) is 3.91. The monoisotopic (exact) mass is 440 g/mol. The first-order chi connectivity index (χ1) is 16.2. The molecular weight excluding hydrogens is 416 g/mol. The van der Waals surface area contributed by atoms with E-state index in [-0.39, 0.29) is 11.8 Å². The second-order valence-electron chi connectivity index (χ2n) is 7.90. The molecule has 2 aromatic heterocycles. The molecule has 1 aliphatic rings. The molecule has 8 heteroatoms. The number of nitrogens with one attached hydrogen (secondary N) is 1. The van der Waals surface area contributed by atoms with Gasteiger partial charge in [0.2, 0.25) is 5.91 Å². The Morgan fingerprint density at radius 1 is 0.970 bits per heavy atom. The lowest BCUT2D eigenvalue weighted by atomic mass is 9.97. The van der Waals surface area contributed by atoms with Crippen molar-refractivity contribution < 1.29 is 9.53 Å². The van der Waals surface area contributed by atoms with Crippen molar-refractivity contribution in [3.05, 3.63) is 85.5 Å². The highest BCUT2D eigenvalue weighted by molar-refractivity contribution is 5.93. The Labute approximate surface area is 191 Å². The smallest absolute Gasteiger partial charge is 0.229 e. The molecule has 1 fully saturated rings. The van der Waals surface area contributed by atoms with Crippen molar-refractivity contribution in [3.8, 4) is 17.3 Å². The maximum atomic E-state index is 13.0. The predicted molar refractivity (Wildman–Crippen MR) is 126 cm³/mol. The Balaban J connectivity index is 1.21. The number of benzene rings is 2. The Hall–Kier alpha value is -4.20. The minimum absolute atomic E-state index is 0.0118. The molecular formula is C25H24N6O2. The Kier molecular flexibility index (Phi) is 5.97. The van der Waals surface area contributed by atoms with Crippen LogP contribution < -0.4 is 15.0 Å². The fraction of sp³-hybridized carbons (Fsp3) is 0.200. The summed E-state index contributed by atoms with van der Waals surface area (Å²) >= 11 is 0. The van der Waals surface area contributed by atoms with Crippen LogP contribution in [0.2, 0.25) is 0 Å². The lowest BCUT2D eigenvalue weighted by Gasteiger charge is -2.32. The highest BCUT2D eigenvalue weighted by Crippen LogP contribution is 2.25. The summed E-state index contributed by atoms with van der Waals surface area (Å²) in [5.74, 6) is 2.89. The van der Waals surface area contributed by atoms with E-state index >= 15 is 0 Å². The van der Waals surface area contributed by atoms with Crippen molar-refractivity contribution in [1.82, 2.24) is 19.7 Å². The lowest BCUT2D eigenvalue weighted by Crippen LogP contribution is -2.41. The molecule has 1 N–H and O–H groups in total. The second-order valence-corrected chi connectivity index (χ2v) is 7.90. The molecule has 1 saturated heterocycles. The number of carbonyl (C=O) groups excluding carboxylic acids is 1. The average molecular weight is 441 g/mol. The molecule has 1 unspecified atom stereocenters. The van der Waals surface area contributed by atoms with Crippen LogP contribution in [0.3, 0.4) is 0 Å². The van der Waals surface area contributed by atoms with E-state index in [2.05, 4.69) is 25.3 Å². The van der Waals surface area contributed by atoms with Crippen LogP contribution in [0.1, 0.15) is 12.8 Å². The van der Waals surface area contributed by atoms with Gasteiger partial charge in [0.25, 0.3) is 0 Å². The van der Waals surface area contributed by atoms with Gasteiger partial charge in [-0.1, -0.05) is 18.2 Å². The number of amides is 1. The number of aromatic nitrogens is 4. The molecule has 1 aliphatic heterocycles. The third kappa shape index (κ3) is 5.01. The summed E-state index contributed by atoms with van der Waals surface area (Å²) in [7, 11) is 0. The van der Waals surface area contributed by atoms with E-state index in [0.717, 1.165) is 42.4 Å². The van der Waals surface area contributed by atoms with E-state index in [0.29, 0.717) is 12.4 Å². The number of para-hydroxylation sites is 1. The summed E-state index contributed by atoms with van der Waals surface area (Å²) in [4.78, 5) is 23.8. The molecule has 0 aliphatic carbocycles. The van der Waals surface area contributed by atoms with Crippen LogP contribution in [0.4, 0.5) is 11.5 Å². The molecule has 166 valence electrons. The zero-order valence-corrected chi connectivity index (χ0v) is 18.0. The van der Waals surface area contributed by atoms with E-state index in [4.69, 9.17) is 4.74 Å². The van der Waals surface area contributed by atoms with Gasteiger partial charge in [-0.2, -0.15) is 5.10 Å². The maximum Gasteiger partial charge on any atom is 0.229 e. The van der Waals surface area contributed by atoms with Crippen LogP contribution in [0.15, 0.2) is 85.5 Å². The van der Waals surface area contributed by atoms with Crippen LogP contribution in [-0.4, -0.2) is 38.7 Å². The van der Waals surface area contributed by atoms with E-state index in [1.807, 2.05) is 72.9 Å². The molecule has 2 aromatic carbocycles. The van der Waals surface area contributed by atoms with Gasteiger partial charge in [-0.3, -0.25) is 4.79 Å². The van der Waals surface area contributed by atoms with Gasteiger partial charge in [0.1, 0.15) is 23.6 Å². The van der Waals surface area contributed by atoms with Crippen LogP contribution in [0.25, 0.3) is 5.82 Å². The van der Waals surface area contributed by atoms with Crippen LogP contribution in [-0.2, 0) is 4.79 Å². The van der Waals surface area contributed by atoms with Gasteiger partial charge in [-0.25, -0.2) is 14.6 Å². The summed E-state index contributed by atoms with van der Waals surface area (Å²) in [6.45, 7) is 1.46. The van der Waals surface area contributed by atoms with Crippen molar-refractivity contribution in [2.24, 2.45) is 5.92 Å². The SMILES string of the molecule is O=C(Nc1ccc(Oc2ccccc2)cc1)C1CCCN(c2cc(-n3cccn3)ncn2)C1. The number of ether oxygens (including phenoxy) is 1. The second kappa shape index (κ2) is 9.52. The first kappa shape index (κ1) is 20.7. The highest BCUT2D eigenvalue weighted by atomic mass is 16.5. The molecule has 0 saturated carbocycles. The first-order valence-corrected chi connectivity index (χ1v) is 11.0. The van der Waals surface area contributed by atoms with Gasteiger partial charge in [0.15, 0.2) is 5.82 Å². The zero-order chi connectivity index (χ0) is 22.5. The number of nitrogens with zero attached hydrogens (tertiary/aromatic N) is 5. The normalized spacial score (nSPS) is 15.8. The number of carbonyl (C=O) groups is 1. The molecule has 0 radical (unpaired) electrons. The van der Waals surface area contributed by atoms with Gasteiger partial charge in [0, 0.05) is 37.2 Å². The van der Waals surface area contributed by atoms with Gasteiger partial charge in [0.05, 0.1) is 5.92 Å². The van der Waals surface area contributed by atoms with Crippen molar-refractivity contribution in [2.75, 3.05) is 23.3 Å². The summed E-state index contributed by atoms with van der Waals surface area (Å²) in [5, 5.41) is 7.27. The van der Waals surface area contributed by atoms with E-state index in [9.17, 15) is 4.79 Å². The van der Waals surface area contributed by atoms with Crippen molar-refractivity contribution >= 4 is 17.4 Å². The fourth-order valence-electron chi connectivity index (χ4n) is 3.91. The molecule has 4 aromatic rings. The predicted octanol–water partition coefficient (Wildman–Crippen LogP) is 4.31. The van der Waals surface area contributed by atoms with E-state index < -0.39 is 0 Å². The van der Waals surface area contributed by atoms with Gasteiger partial charge >= 0.3 is 0 Å². The largest absolute Gasteiger partial charge is 0.457 e. The van der Waals surface area contributed by atoms with Gasteiger partial charge < -0.3 is 15.0 Å². The number of piperidine rings is 1. The summed E-state index contributed by atoms with van der Waals surface area (Å²) in [5.41, 5.74) is 0.750. The Bertz CT molecular complexity index is 1200. The van der Waals surface area contributed by atoms with Crippen molar-refractivity contribution in [2.45, 2.75) is 12.8 Å². The molecule has 8 nitrogen and oxygen atoms in total. The molecule has 0 bridgehead atoms. The Morgan fingerprint density at radius 2 is 1.76 bits per heavy atom. The zero-order valence-electron chi connectivity index (χ0n) is 18.0. The molecule has 1 amide bonds. The lowest BCUT2D eigenvalue weighted by molar-refractivity contribution is -0.120. The van der Waals surface area contributed by atoms with Gasteiger partial charge in [-0.05, 0) is 55.3 Å². The quantitative estimate of drug-likeness (QED) is 0.481. The van der Waals surface area contributed by atoms with Crippen LogP contribution >= 0.6 is 0 Å². The van der Waals surface area contributed by atoms with Crippen molar-refractivity contribution in [1.29, 1.82) is 0 Å². The van der Waals surface area contributed by atoms with E-state index in [1.54, 1.807) is 10.9 Å². The van der Waals surface area contributed by atoms with Gasteiger partial charge in [-0.15, -0.1) is 0 Å². The number of hydrogen-bond acceptors (Lipinski definition) is 6. The topological polar surface area (TPSA) is 85.2 Å². The summed E-state index contributed by atoms with van der Waals surface area (Å²) in [6.07, 6.45) is 6.85. The minimum atomic E-state index is -0.123. The molecule has 1 atom stereocenters. The number of hydrogen-bond donors (Lipinski definition) is 1. The van der Waals surface area contributed by atoms with E-state index in [1.165, 1.54) is 6.33 Å². The Morgan fingerprint density at radius 3 is 2.55 bits per heavy atom. The highest BCUT2D eigenvalue weighted by Gasteiger charge is 2.27. The van der Waals surface area contributed by atoms with Crippen LogP contribution in [0, 0.1) is 5.92 Å². The molecule has 33 heavy (non-hydrogen) atoms. The minimum Gasteiger partial charge on any atom is -0.457 e.